The first-order valence-electron chi connectivity index (χ1n) is 6.17. The van der Waals surface area contributed by atoms with Crippen LogP contribution in [0.4, 0.5) is 5.69 Å². The second kappa shape index (κ2) is 5.71. The van der Waals surface area contributed by atoms with Crippen LogP contribution in [0.2, 0.25) is 0 Å². The highest BCUT2D eigenvalue weighted by Crippen LogP contribution is 2.26. The van der Waals surface area contributed by atoms with Crippen LogP contribution in [-0.4, -0.2) is 12.0 Å². The summed E-state index contributed by atoms with van der Waals surface area (Å²) < 4.78 is 5.16. The third-order valence-electron chi connectivity index (χ3n) is 3.11. The Bertz CT molecular complexity index is 641. The summed E-state index contributed by atoms with van der Waals surface area (Å²) in [6, 6.07) is 11.9. The van der Waals surface area contributed by atoms with Gasteiger partial charge in [0.05, 0.1) is 18.1 Å². The number of aryl methyl sites for hydroxylation is 1. The summed E-state index contributed by atoms with van der Waals surface area (Å²) in [6.45, 7) is 1.81. The Labute approximate surface area is 117 Å². The monoisotopic (exact) mass is 272 g/mol. The molecule has 0 heterocycles. The number of nitro benzene ring substituents is 1. The molecular formula is C15H16N2O3. The number of ether oxygens (including phenoxy) is 1. The van der Waals surface area contributed by atoms with Crippen molar-refractivity contribution in [1.29, 1.82) is 0 Å². The summed E-state index contributed by atoms with van der Waals surface area (Å²) in [7, 11) is 1.59. The first kappa shape index (κ1) is 14.0. The molecule has 20 heavy (non-hydrogen) atoms. The molecule has 0 saturated heterocycles. The molecular weight excluding hydrogens is 256 g/mol. The van der Waals surface area contributed by atoms with Crippen LogP contribution in [0.25, 0.3) is 0 Å². The normalized spacial score (nSPS) is 11.9. The zero-order valence-corrected chi connectivity index (χ0v) is 11.4. The molecule has 0 amide bonds. The van der Waals surface area contributed by atoms with Crippen molar-refractivity contribution < 1.29 is 9.66 Å². The van der Waals surface area contributed by atoms with Crippen LogP contribution in [0.1, 0.15) is 22.7 Å². The van der Waals surface area contributed by atoms with Gasteiger partial charge in [0.15, 0.2) is 0 Å². The molecule has 0 radical (unpaired) electrons. The molecule has 2 rings (SSSR count). The van der Waals surface area contributed by atoms with Crippen LogP contribution in [0.15, 0.2) is 42.5 Å². The number of benzene rings is 2. The lowest BCUT2D eigenvalue weighted by Gasteiger charge is -2.14. The number of nitrogens with zero attached hydrogens (tertiary/aromatic N) is 1. The summed E-state index contributed by atoms with van der Waals surface area (Å²) in [5.41, 5.74) is 8.63. The van der Waals surface area contributed by atoms with E-state index in [-0.39, 0.29) is 5.69 Å². The molecule has 2 N–H and O–H groups in total. The third-order valence-corrected chi connectivity index (χ3v) is 3.11. The number of nitrogens with two attached hydrogens (primary N) is 1. The van der Waals surface area contributed by atoms with Crippen molar-refractivity contribution in [1.82, 2.24) is 0 Å². The van der Waals surface area contributed by atoms with Gasteiger partial charge in [0.25, 0.3) is 5.69 Å². The van der Waals surface area contributed by atoms with Crippen LogP contribution in [0, 0.1) is 17.0 Å². The van der Waals surface area contributed by atoms with E-state index in [0.29, 0.717) is 11.3 Å². The first-order chi connectivity index (χ1) is 9.51. The van der Waals surface area contributed by atoms with Gasteiger partial charge in [0.2, 0.25) is 0 Å². The highest BCUT2D eigenvalue weighted by Gasteiger charge is 2.15. The summed E-state index contributed by atoms with van der Waals surface area (Å²) >= 11 is 0. The highest BCUT2D eigenvalue weighted by atomic mass is 16.6. The lowest BCUT2D eigenvalue weighted by Crippen LogP contribution is -2.12. The van der Waals surface area contributed by atoms with E-state index in [1.54, 1.807) is 7.11 Å². The number of nitro groups is 1. The van der Waals surface area contributed by atoms with Gasteiger partial charge < -0.3 is 10.5 Å². The van der Waals surface area contributed by atoms with E-state index >= 15 is 0 Å². The van der Waals surface area contributed by atoms with E-state index < -0.39 is 11.0 Å². The minimum atomic E-state index is -0.427. The zero-order chi connectivity index (χ0) is 14.7. The molecule has 0 aliphatic carbocycles. The predicted molar refractivity (Wildman–Crippen MR) is 76.9 cm³/mol. The van der Waals surface area contributed by atoms with Gasteiger partial charge in [-0.3, -0.25) is 10.1 Å². The average Bonchev–Trinajstić information content (AvgIpc) is 2.45. The molecule has 5 heteroatoms. The fourth-order valence-electron chi connectivity index (χ4n) is 2.10. The second-order valence-corrected chi connectivity index (χ2v) is 4.61. The van der Waals surface area contributed by atoms with Crippen LogP contribution in [0.3, 0.4) is 0 Å². The van der Waals surface area contributed by atoms with E-state index in [1.807, 2.05) is 37.3 Å². The summed E-state index contributed by atoms with van der Waals surface area (Å²) in [4.78, 5) is 10.5. The maximum atomic E-state index is 10.9. The molecule has 0 aliphatic rings. The molecule has 5 nitrogen and oxygen atoms in total. The summed E-state index contributed by atoms with van der Waals surface area (Å²) in [5.74, 6) is 0.708. The van der Waals surface area contributed by atoms with Gasteiger partial charge in [-0.05, 0) is 35.7 Å². The van der Waals surface area contributed by atoms with Crippen LogP contribution in [-0.2, 0) is 0 Å². The second-order valence-electron chi connectivity index (χ2n) is 4.61. The van der Waals surface area contributed by atoms with Gasteiger partial charge in [-0.25, -0.2) is 0 Å². The molecule has 0 aliphatic heterocycles. The van der Waals surface area contributed by atoms with Crippen molar-refractivity contribution >= 4 is 5.69 Å². The van der Waals surface area contributed by atoms with E-state index in [2.05, 4.69) is 0 Å². The highest BCUT2D eigenvalue weighted by molar-refractivity contribution is 5.44. The van der Waals surface area contributed by atoms with Crippen molar-refractivity contribution in [2.45, 2.75) is 13.0 Å². The van der Waals surface area contributed by atoms with E-state index in [0.717, 1.165) is 11.1 Å². The average molecular weight is 272 g/mol. The molecule has 0 bridgehead atoms. The lowest BCUT2D eigenvalue weighted by atomic mass is 9.97. The van der Waals surface area contributed by atoms with E-state index in [4.69, 9.17) is 10.5 Å². The fourth-order valence-corrected chi connectivity index (χ4v) is 2.10. The maximum Gasteiger partial charge on any atom is 0.270 e. The zero-order valence-electron chi connectivity index (χ0n) is 11.4. The maximum absolute atomic E-state index is 10.9. The largest absolute Gasteiger partial charge is 0.497 e. The van der Waals surface area contributed by atoms with Crippen LogP contribution < -0.4 is 10.5 Å². The molecule has 0 saturated carbocycles. The lowest BCUT2D eigenvalue weighted by molar-refractivity contribution is -0.385. The standard InChI is InChI=1S/C15H16N2O3/c1-10-6-12(8-13(7-10)17(18)19)15(16)11-4-3-5-14(9-11)20-2/h3-9,15H,16H2,1-2H3. The molecule has 1 unspecified atom stereocenters. The van der Waals surface area contributed by atoms with Gasteiger partial charge >= 0.3 is 0 Å². The Balaban J connectivity index is 2.41. The minimum Gasteiger partial charge on any atom is -0.497 e. The van der Waals surface area contributed by atoms with Gasteiger partial charge in [-0.15, -0.1) is 0 Å². The van der Waals surface area contributed by atoms with Gasteiger partial charge in [-0.2, -0.15) is 0 Å². The summed E-state index contributed by atoms with van der Waals surface area (Å²) in [5, 5.41) is 10.9. The molecule has 0 fully saturated rings. The van der Waals surface area contributed by atoms with E-state index in [1.165, 1.54) is 12.1 Å². The molecule has 2 aromatic rings. The number of methoxy groups -OCH3 is 1. The Morgan fingerprint density at radius 1 is 1.20 bits per heavy atom. The molecule has 0 spiro atoms. The number of rotatable bonds is 4. The predicted octanol–water partition coefficient (Wildman–Crippen LogP) is 2.96. The quantitative estimate of drug-likeness (QED) is 0.685. The van der Waals surface area contributed by atoms with Crippen molar-refractivity contribution in [3.63, 3.8) is 0 Å². The van der Waals surface area contributed by atoms with Gasteiger partial charge in [-0.1, -0.05) is 18.2 Å². The number of hydrogen-bond acceptors (Lipinski definition) is 4. The van der Waals surface area contributed by atoms with Crippen molar-refractivity contribution in [2.75, 3.05) is 7.11 Å². The smallest absolute Gasteiger partial charge is 0.270 e. The van der Waals surface area contributed by atoms with Crippen molar-refractivity contribution in [3.8, 4) is 5.75 Å². The van der Waals surface area contributed by atoms with Crippen LogP contribution in [0.5, 0.6) is 5.75 Å². The SMILES string of the molecule is COc1cccc(C(N)c2cc(C)cc([N+](=O)[O-])c2)c1. The fraction of sp³-hybridized carbons (Fsp3) is 0.200. The number of hydrogen-bond donors (Lipinski definition) is 1. The van der Waals surface area contributed by atoms with Crippen LogP contribution >= 0.6 is 0 Å². The molecule has 1 atom stereocenters. The van der Waals surface area contributed by atoms with Gasteiger partial charge in [0.1, 0.15) is 5.75 Å². The summed E-state index contributed by atoms with van der Waals surface area (Å²) in [6.07, 6.45) is 0. The molecule has 104 valence electrons. The Morgan fingerprint density at radius 2 is 1.95 bits per heavy atom. The first-order valence-corrected chi connectivity index (χ1v) is 6.17. The third kappa shape index (κ3) is 2.95. The Morgan fingerprint density at radius 3 is 2.60 bits per heavy atom. The minimum absolute atomic E-state index is 0.0540. The molecule has 2 aromatic carbocycles. The van der Waals surface area contributed by atoms with Crippen molar-refractivity contribution in [3.05, 3.63) is 69.3 Å². The topological polar surface area (TPSA) is 78.4 Å². The van der Waals surface area contributed by atoms with Gasteiger partial charge in [0, 0.05) is 12.1 Å². The van der Waals surface area contributed by atoms with Crippen molar-refractivity contribution in [2.24, 2.45) is 5.73 Å². The number of non-ortho nitro benzene ring substituents is 1. The molecule has 0 aromatic heterocycles. The van der Waals surface area contributed by atoms with E-state index in [9.17, 15) is 10.1 Å². The Hall–Kier alpha value is -2.40. The Kier molecular flexibility index (Phi) is 4.00.